The SMILES string of the molecule is CCN(C(=O)c1nn(CC(C)C)c(=O)c2ccccc12)c1cccc2ccccc12. The van der Waals surface area contributed by atoms with Crippen LogP contribution in [0.5, 0.6) is 0 Å². The molecule has 0 aliphatic heterocycles. The van der Waals surface area contributed by atoms with E-state index in [-0.39, 0.29) is 17.4 Å². The van der Waals surface area contributed by atoms with Crippen LogP contribution < -0.4 is 10.5 Å². The molecule has 0 unspecified atom stereocenters. The number of benzene rings is 3. The monoisotopic (exact) mass is 399 g/mol. The van der Waals surface area contributed by atoms with Crippen molar-refractivity contribution in [1.29, 1.82) is 0 Å². The van der Waals surface area contributed by atoms with Gasteiger partial charge in [-0.1, -0.05) is 68.4 Å². The average Bonchev–Trinajstić information content (AvgIpc) is 2.76. The Labute approximate surface area is 175 Å². The molecule has 3 aromatic carbocycles. The van der Waals surface area contributed by atoms with Gasteiger partial charge in [-0.2, -0.15) is 5.10 Å². The van der Waals surface area contributed by atoms with Gasteiger partial charge in [0.15, 0.2) is 5.69 Å². The number of hydrogen-bond donors (Lipinski definition) is 0. The number of aromatic nitrogens is 2. The Morgan fingerprint density at radius 1 is 0.933 bits per heavy atom. The molecule has 0 bridgehead atoms. The van der Waals surface area contributed by atoms with E-state index >= 15 is 0 Å². The fraction of sp³-hybridized carbons (Fsp3) is 0.240. The molecule has 0 fully saturated rings. The van der Waals surface area contributed by atoms with Crippen molar-refractivity contribution in [1.82, 2.24) is 9.78 Å². The second-order valence-corrected chi connectivity index (χ2v) is 7.82. The minimum atomic E-state index is -0.206. The van der Waals surface area contributed by atoms with Crippen molar-refractivity contribution >= 4 is 33.1 Å². The summed E-state index contributed by atoms with van der Waals surface area (Å²) in [5.74, 6) is 0.0298. The minimum Gasteiger partial charge on any atom is -0.307 e. The predicted octanol–water partition coefficient (Wildman–Crippen LogP) is 4.87. The maximum absolute atomic E-state index is 13.7. The number of anilines is 1. The van der Waals surface area contributed by atoms with E-state index < -0.39 is 0 Å². The smallest absolute Gasteiger partial charge is 0.279 e. The molecule has 1 heterocycles. The molecular weight excluding hydrogens is 374 g/mol. The third kappa shape index (κ3) is 3.47. The van der Waals surface area contributed by atoms with E-state index in [2.05, 4.69) is 5.10 Å². The van der Waals surface area contributed by atoms with Crippen molar-refractivity contribution in [3.8, 4) is 0 Å². The Bertz CT molecular complexity index is 1290. The largest absolute Gasteiger partial charge is 0.307 e. The number of fused-ring (bicyclic) bond motifs is 2. The minimum absolute atomic E-state index is 0.163. The molecule has 0 spiro atoms. The summed E-state index contributed by atoms with van der Waals surface area (Å²) in [5.41, 5.74) is 0.984. The lowest BCUT2D eigenvalue weighted by molar-refractivity contribution is 0.0983. The van der Waals surface area contributed by atoms with Gasteiger partial charge in [-0.15, -0.1) is 0 Å². The van der Waals surface area contributed by atoms with E-state index in [1.807, 2.05) is 75.4 Å². The fourth-order valence-electron chi connectivity index (χ4n) is 3.86. The molecule has 0 aliphatic rings. The van der Waals surface area contributed by atoms with Crippen LogP contribution in [-0.2, 0) is 6.54 Å². The highest BCUT2D eigenvalue weighted by Crippen LogP contribution is 2.28. The van der Waals surface area contributed by atoms with Crippen molar-refractivity contribution in [3.63, 3.8) is 0 Å². The summed E-state index contributed by atoms with van der Waals surface area (Å²) in [6, 6.07) is 21.2. The van der Waals surface area contributed by atoms with Crippen LogP contribution >= 0.6 is 0 Å². The van der Waals surface area contributed by atoms with Crippen LogP contribution in [0.1, 0.15) is 31.3 Å². The number of carbonyl (C=O) groups excluding carboxylic acids is 1. The van der Waals surface area contributed by atoms with Gasteiger partial charge in [0, 0.05) is 23.9 Å². The summed E-state index contributed by atoms with van der Waals surface area (Å²) >= 11 is 0. The first-order valence-corrected chi connectivity index (χ1v) is 10.3. The summed E-state index contributed by atoms with van der Waals surface area (Å²) in [6.07, 6.45) is 0. The third-order valence-electron chi connectivity index (χ3n) is 5.23. The normalized spacial score (nSPS) is 11.3. The second-order valence-electron chi connectivity index (χ2n) is 7.82. The number of rotatable bonds is 5. The zero-order valence-corrected chi connectivity index (χ0v) is 17.5. The standard InChI is InChI=1S/C25H25N3O2/c1-4-27(22-15-9-11-18-10-5-6-12-19(18)22)25(30)23-20-13-7-8-14-21(20)24(29)28(26-23)16-17(2)3/h5-15,17H,4,16H2,1-3H3. The third-order valence-corrected chi connectivity index (χ3v) is 5.23. The van der Waals surface area contributed by atoms with E-state index in [0.29, 0.717) is 29.6 Å². The van der Waals surface area contributed by atoms with E-state index in [0.717, 1.165) is 16.5 Å². The van der Waals surface area contributed by atoms with Crippen LogP contribution in [0.4, 0.5) is 5.69 Å². The Kier molecular flexibility index (Phi) is 5.36. The molecule has 0 saturated carbocycles. The first kappa shape index (κ1) is 19.8. The molecule has 5 heteroatoms. The molecule has 0 atom stereocenters. The van der Waals surface area contributed by atoms with Crippen LogP contribution in [-0.4, -0.2) is 22.2 Å². The lowest BCUT2D eigenvalue weighted by Gasteiger charge is -2.23. The summed E-state index contributed by atoms with van der Waals surface area (Å²) < 4.78 is 1.43. The number of amides is 1. The molecule has 0 saturated heterocycles. The zero-order chi connectivity index (χ0) is 21.3. The van der Waals surface area contributed by atoms with Crippen LogP contribution in [0, 0.1) is 5.92 Å². The summed E-state index contributed by atoms with van der Waals surface area (Å²) in [4.78, 5) is 28.4. The van der Waals surface area contributed by atoms with Gasteiger partial charge in [-0.25, -0.2) is 4.68 Å². The highest BCUT2D eigenvalue weighted by molar-refractivity contribution is 6.15. The molecule has 5 nitrogen and oxygen atoms in total. The Morgan fingerprint density at radius 3 is 2.27 bits per heavy atom. The van der Waals surface area contributed by atoms with Gasteiger partial charge in [-0.3, -0.25) is 9.59 Å². The van der Waals surface area contributed by atoms with Gasteiger partial charge in [0.25, 0.3) is 11.5 Å². The van der Waals surface area contributed by atoms with E-state index in [9.17, 15) is 9.59 Å². The Balaban J connectivity index is 1.91. The number of nitrogens with zero attached hydrogens (tertiary/aromatic N) is 3. The van der Waals surface area contributed by atoms with Crippen molar-refractivity contribution < 1.29 is 4.79 Å². The predicted molar refractivity (Wildman–Crippen MR) is 122 cm³/mol. The molecule has 0 radical (unpaired) electrons. The van der Waals surface area contributed by atoms with E-state index in [1.54, 1.807) is 17.0 Å². The highest BCUT2D eigenvalue weighted by atomic mass is 16.2. The van der Waals surface area contributed by atoms with Gasteiger partial charge in [0.05, 0.1) is 11.1 Å². The zero-order valence-electron chi connectivity index (χ0n) is 17.5. The number of hydrogen-bond acceptors (Lipinski definition) is 3. The van der Waals surface area contributed by atoms with E-state index in [4.69, 9.17) is 0 Å². The van der Waals surface area contributed by atoms with Gasteiger partial charge in [0.2, 0.25) is 0 Å². The first-order chi connectivity index (χ1) is 14.5. The second kappa shape index (κ2) is 8.11. The highest BCUT2D eigenvalue weighted by Gasteiger charge is 2.23. The van der Waals surface area contributed by atoms with Gasteiger partial charge >= 0.3 is 0 Å². The summed E-state index contributed by atoms with van der Waals surface area (Å²) in [7, 11) is 0. The molecule has 1 aromatic heterocycles. The van der Waals surface area contributed by atoms with Crippen molar-refractivity contribution in [2.75, 3.05) is 11.4 Å². The molecule has 1 amide bonds. The van der Waals surface area contributed by atoms with Crippen LogP contribution in [0.25, 0.3) is 21.5 Å². The summed E-state index contributed by atoms with van der Waals surface area (Å²) in [5, 5.41) is 7.72. The maximum Gasteiger partial charge on any atom is 0.279 e. The Hall–Kier alpha value is -3.47. The fourth-order valence-corrected chi connectivity index (χ4v) is 3.86. The Morgan fingerprint density at radius 2 is 1.57 bits per heavy atom. The van der Waals surface area contributed by atoms with Crippen LogP contribution in [0.3, 0.4) is 0 Å². The lowest BCUT2D eigenvalue weighted by Crippen LogP contribution is -2.35. The summed E-state index contributed by atoms with van der Waals surface area (Å²) in [6.45, 7) is 6.96. The van der Waals surface area contributed by atoms with Crippen LogP contribution in [0.15, 0.2) is 71.5 Å². The molecule has 152 valence electrons. The quantitative estimate of drug-likeness (QED) is 0.481. The maximum atomic E-state index is 13.7. The van der Waals surface area contributed by atoms with Crippen molar-refractivity contribution in [2.24, 2.45) is 5.92 Å². The van der Waals surface area contributed by atoms with Crippen LogP contribution in [0.2, 0.25) is 0 Å². The molecule has 4 rings (SSSR count). The molecule has 4 aromatic rings. The molecule has 0 aliphatic carbocycles. The van der Waals surface area contributed by atoms with Gasteiger partial charge in [0.1, 0.15) is 0 Å². The number of carbonyl (C=O) groups is 1. The topological polar surface area (TPSA) is 55.2 Å². The molecular formula is C25H25N3O2. The van der Waals surface area contributed by atoms with Crippen molar-refractivity contribution in [2.45, 2.75) is 27.3 Å². The lowest BCUT2D eigenvalue weighted by atomic mass is 10.1. The van der Waals surface area contributed by atoms with Crippen molar-refractivity contribution in [3.05, 3.63) is 82.8 Å². The average molecular weight is 399 g/mol. The first-order valence-electron chi connectivity index (χ1n) is 10.3. The molecule has 30 heavy (non-hydrogen) atoms. The van der Waals surface area contributed by atoms with E-state index in [1.165, 1.54) is 4.68 Å². The molecule has 0 N–H and O–H groups in total. The van der Waals surface area contributed by atoms with Gasteiger partial charge < -0.3 is 4.90 Å². The van der Waals surface area contributed by atoms with Gasteiger partial charge in [-0.05, 0) is 30.4 Å².